The summed E-state index contributed by atoms with van der Waals surface area (Å²) in [5, 5.41) is 0. The van der Waals surface area contributed by atoms with Crippen LogP contribution in [0.25, 0.3) is 0 Å². The Balaban J connectivity index is 0.000000490. The van der Waals surface area contributed by atoms with Crippen LogP contribution in [0.2, 0.25) is 0 Å². The summed E-state index contributed by atoms with van der Waals surface area (Å²) in [6.45, 7) is 0. The molecule has 0 aliphatic carbocycles. The van der Waals surface area contributed by atoms with Crippen LogP contribution in [0.5, 0.6) is 0 Å². The Hall–Kier alpha value is 0.749. The Morgan fingerprint density at radius 3 is 1.75 bits per heavy atom. The molecule has 0 aliphatic rings. The Kier molecular flexibility index (Phi) is 5.04. The van der Waals surface area contributed by atoms with E-state index in [1.807, 2.05) is 6.07 Å². The van der Waals surface area contributed by atoms with Crippen molar-refractivity contribution in [2.75, 3.05) is 0 Å². The number of rotatable bonds is 0. The molecule has 0 atom stereocenters. The summed E-state index contributed by atoms with van der Waals surface area (Å²) in [4.78, 5) is 0. The van der Waals surface area contributed by atoms with Crippen LogP contribution in [0.4, 0.5) is 0 Å². The maximum atomic E-state index is 2.12. The standard InChI is InChI=1S/C6H5.HI.Sn/c1-2-4-6-5-3-1;;/h1-5H;1H;. The Morgan fingerprint density at radius 2 is 1.50 bits per heavy atom. The molecule has 41 valence electrons. The molecule has 1 aromatic carbocycles. The van der Waals surface area contributed by atoms with Gasteiger partial charge in [0.05, 0.1) is 0 Å². The molecule has 1 rings (SSSR count). The summed E-state index contributed by atoms with van der Waals surface area (Å²) >= 11 is 1.49. The van der Waals surface area contributed by atoms with Crippen LogP contribution in [0.3, 0.4) is 0 Å². The van der Waals surface area contributed by atoms with Gasteiger partial charge in [0, 0.05) is 0 Å². The van der Waals surface area contributed by atoms with Gasteiger partial charge in [0.15, 0.2) is 0 Å². The molecule has 0 saturated carbocycles. The third-order valence-electron chi connectivity index (χ3n) is 0.774. The molecule has 0 N–H and O–H groups in total. The van der Waals surface area contributed by atoms with Gasteiger partial charge in [0.2, 0.25) is 0 Å². The number of hydrogen-bond donors (Lipinski definition) is 0. The van der Waals surface area contributed by atoms with Gasteiger partial charge in [0.1, 0.15) is 0 Å². The number of hydrogen-bond acceptors (Lipinski definition) is 0. The molecule has 3 radical (unpaired) electrons. The monoisotopic (exact) mass is 325 g/mol. The quantitative estimate of drug-likeness (QED) is 0.495. The minimum atomic E-state index is 0. The van der Waals surface area contributed by atoms with E-state index in [0.717, 1.165) is 0 Å². The first-order chi connectivity index (χ1) is 3.39. The molecule has 2 heteroatoms. The van der Waals surface area contributed by atoms with E-state index in [1.165, 1.54) is 26.1 Å². The van der Waals surface area contributed by atoms with E-state index in [2.05, 4.69) is 24.3 Å². The van der Waals surface area contributed by atoms with Gasteiger partial charge in [-0.25, -0.2) is 0 Å². The van der Waals surface area contributed by atoms with Crippen molar-refractivity contribution in [1.29, 1.82) is 0 Å². The van der Waals surface area contributed by atoms with Crippen molar-refractivity contribution in [2.45, 2.75) is 0 Å². The predicted octanol–water partition coefficient (Wildman–Crippen LogP) is 1.10. The average Bonchev–Trinajstić information content (AvgIpc) is 1.69. The first-order valence-corrected chi connectivity index (χ1v) is 3.59. The Bertz CT molecular complexity index is 138. The van der Waals surface area contributed by atoms with Gasteiger partial charge >= 0.3 is 56.4 Å². The number of benzene rings is 1. The van der Waals surface area contributed by atoms with Crippen LogP contribution in [-0.2, 0) is 0 Å². The van der Waals surface area contributed by atoms with Crippen molar-refractivity contribution >= 4 is 50.1 Å². The minimum absolute atomic E-state index is 0. The average molecular weight is 324 g/mol. The van der Waals surface area contributed by atoms with Gasteiger partial charge in [-0.2, -0.15) is 0 Å². The van der Waals surface area contributed by atoms with Gasteiger partial charge in [-0.1, -0.05) is 0 Å². The van der Waals surface area contributed by atoms with Crippen LogP contribution in [0, 0.1) is 0 Å². The van der Waals surface area contributed by atoms with E-state index >= 15 is 0 Å². The maximum absolute atomic E-state index is 2.12. The Labute approximate surface area is 79.8 Å². The number of halogens is 1. The predicted molar refractivity (Wildman–Crippen MR) is 47.2 cm³/mol. The third kappa shape index (κ3) is 2.91. The van der Waals surface area contributed by atoms with Crippen LogP contribution in [0.15, 0.2) is 30.3 Å². The normalized spacial score (nSPS) is 7.62. The van der Waals surface area contributed by atoms with Crippen LogP contribution >= 0.6 is 24.0 Å². The molecule has 0 aromatic heterocycles. The molecule has 0 heterocycles. The molecule has 0 aliphatic heterocycles. The summed E-state index contributed by atoms with van der Waals surface area (Å²) in [6.07, 6.45) is 0. The van der Waals surface area contributed by atoms with E-state index in [4.69, 9.17) is 0 Å². The zero-order valence-corrected chi connectivity index (χ0v) is 9.48. The summed E-state index contributed by atoms with van der Waals surface area (Å²) in [6, 6.07) is 10.4. The van der Waals surface area contributed by atoms with Gasteiger partial charge < -0.3 is 0 Å². The van der Waals surface area contributed by atoms with Crippen LogP contribution in [-0.4, -0.2) is 22.5 Å². The van der Waals surface area contributed by atoms with E-state index in [9.17, 15) is 0 Å². The van der Waals surface area contributed by atoms with Crippen molar-refractivity contribution in [1.82, 2.24) is 0 Å². The van der Waals surface area contributed by atoms with Crippen LogP contribution in [0.1, 0.15) is 0 Å². The van der Waals surface area contributed by atoms with Crippen molar-refractivity contribution in [2.24, 2.45) is 0 Å². The first-order valence-electron chi connectivity index (χ1n) is 2.16. The summed E-state index contributed by atoms with van der Waals surface area (Å²) in [7, 11) is 0. The fourth-order valence-electron chi connectivity index (χ4n) is 0.438. The third-order valence-corrected chi connectivity index (χ3v) is 1.73. The van der Waals surface area contributed by atoms with Crippen molar-refractivity contribution in [3.8, 4) is 0 Å². The van der Waals surface area contributed by atoms with Gasteiger partial charge in [-0.15, -0.1) is 24.0 Å². The molecular formula is C6H6ISn. The Morgan fingerprint density at radius 1 is 1.00 bits per heavy atom. The van der Waals surface area contributed by atoms with E-state index in [0.29, 0.717) is 0 Å². The molecule has 0 fully saturated rings. The molecule has 0 unspecified atom stereocenters. The van der Waals surface area contributed by atoms with E-state index < -0.39 is 0 Å². The summed E-state index contributed by atoms with van der Waals surface area (Å²) in [5.41, 5.74) is 0. The van der Waals surface area contributed by atoms with Crippen LogP contribution < -0.4 is 3.58 Å². The van der Waals surface area contributed by atoms with Crippen molar-refractivity contribution in [3.05, 3.63) is 30.3 Å². The summed E-state index contributed by atoms with van der Waals surface area (Å²) in [5.74, 6) is 0. The second-order valence-corrected chi connectivity index (χ2v) is 3.01. The molecule has 1 aromatic rings. The molecule has 0 bridgehead atoms. The molecule has 0 spiro atoms. The summed E-state index contributed by atoms with van der Waals surface area (Å²) < 4.78 is 1.41. The molecule has 0 nitrogen and oxygen atoms in total. The van der Waals surface area contributed by atoms with Crippen molar-refractivity contribution in [3.63, 3.8) is 0 Å². The van der Waals surface area contributed by atoms with E-state index in [1.54, 1.807) is 0 Å². The SMILES string of the molecule is I.[Sn][c]1ccccc1. The van der Waals surface area contributed by atoms with Gasteiger partial charge in [-0.3, -0.25) is 0 Å². The van der Waals surface area contributed by atoms with Gasteiger partial charge in [0.25, 0.3) is 0 Å². The zero-order chi connectivity index (χ0) is 5.11. The topological polar surface area (TPSA) is 0 Å². The molecular weight excluding hydrogens is 318 g/mol. The van der Waals surface area contributed by atoms with E-state index in [-0.39, 0.29) is 24.0 Å². The molecule has 0 saturated heterocycles. The second-order valence-electron chi connectivity index (χ2n) is 1.37. The van der Waals surface area contributed by atoms with Gasteiger partial charge in [-0.05, 0) is 0 Å². The fraction of sp³-hybridized carbons (Fsp3) is 0. The molecule has 0 amide bonds. The zero-order valence-electron chi connectivity index (χ0n) is 4.29. The molecule has 8 heavy (non-hydrogen) atoms. The van der Waals surface area contributed by atoms with Crippen molar-refractivity contribution < 1.29 is 0 Å². The second kappa shape index (κ2) is 4.61. The first kappa shape index (κ1) is 8.75. The fourth-order valence-corrected chi connectivity index (χ4v) is 0.987.